The quantitative estimate of drug-likeness (QED) is 0.711. The molecule has 0 amide bonds. The average molecular weight is 260 g/mol. The van der Waals surface area contributed by atoms with Crippen LogP contribution in [0, 0.1) is 0 Å². The number of anilines is 2. The molecule has 0 fully saturated rings. The van der Waals surface area contributed by atoms with E-state index >= 15 is 0 Å². The molecule has 0 aliphatic carbocycles. The lowest BCUT2D eigenvalue weighted by atomic mass is 10.1. The number of hydrogen-bond acceptors (Lipinski definition) is 4. The van der Waals surface area contributed by atoms with Crippen LogP contribution in [0.5, 0.6) is 0 Å². The Morgan fingerprint density at radius 2 is 2.37 bits per heavy atom. The number of nitrogens with zero attached hydrogens (tertiary/aromatic N) is 2. The summed E-state index contributed by atoms with van der Waals surface area (Å²) in [5.41, 5.74) is 7.18. The van der Waals surface area contributed by atoms with Crippen molar-refractivity contribution in [3.8, 4) is 0 Å². The van der Waals surface area contributed by atoms with Crippen molar-refractivity contribution in [3.05, 3.63) is 42.5 Å². The molecule has 0 aliphatic heterocycles. The van der Waals surface area contributed by atoms with Crippen molar-refractivity contribution in [2.75, 3.05) is 11.1 Å². The summed E-state index contributed by atoms with van der Waals surface area (Å²) in [4.78, 5) is 14.8. The number of carboxylic acid groups (broad SMARTS) is 1. The predicted molar refractivity (Wildman–Crippen MR) is 73.1 cm³/mol. The third-order valence-corrected chi connectivity index (χ3v) is 2.74. The second-order valence-corrected chi connectivity index (χ2v) is 4.41. The fourth-order valence-electron chi connectivity index (χ4n) is 1.85. The first-order valence-corrected chi connectivity index (χ1v) is 5.91. The Balaban J connectivity index is 2.04. The molecule has 1 aromatic heterocycles. The van der Waals surface area contributed by atoms with E-state index < -0.39 is 5.97 Å². The number of rotatable bonds is 5. The molecule has 0 radical (unpaired) electrons. The molecule has 2 rings (SSSR count). The summed E-state index contributed by atoms with van der Waals surface area (Å²) in [7, 11) is 0. The van der Waals surface area contributed by atoms with Crippen molar-refractivity contribution in [2.45, 2.75) is 19.5 Å². The molecule has 4 N–H and O–H groups in total. The lowest BCUT2D eigenvalue weighted by Crippen LogP contribution is -2.22. The summed E-state index contributed by atoms with van der Waals surface area (Å²) in [6.07, 6.45) is 5.35. The van der Waals surface area contributed by atoms with Gasteiger partial charge in [0.15, 0.2) is 0 Å². The Morgan fingerprint density at radius 3 is 2.95 bits per heavy atom. The zero-order chi connectivity index (χ0) is 13.8. The highest BCUT2D eigenvalue weighted by Gasteiger charge is 2.08. The van der Waals surface area contributed by atoms with E-state index in [4.69, 9.17) is 10.8 Å². The number of nitrogens with two attached hydrogens (primary N) is 1. The van der Waals surface area contributed by atoms with Crippen LogP contribution < -0.4 is 11.1 Å². The number of nitrogen functional groups attached to an aromatic ring is 1. The van der Waals surface area contributed by atoms with Crippen molar-refractivity contribution in [2.24, 2.45) is 0 Å². The molecular formula is C13H16N4O2. The molecule has 1 unspecified atom stereocenters. The normalized spacial score (nSPS) is 12.1. The Labute approximate surface area is 110 Å². The van der Waals surface area contributed by atoms with Crippen LogP contribution in [0.25, 0.3) is 0 Å². The van der Waals surface area contributed by atoms with E-state index in [0.29, 0.717) is 5.69 Å². The van der Waals surface area contributed by atoms with Gasteiger partial charge < -0.3 is 20.7 Å². The number of aromatic nitrogens is 2. The average Bonchev–Trinajstić information content (AvgIpc) is 2.84. The van der Waals surface area contributed by atoms with E-state index in [9.17, 15) is 4.79 Å². The minimum Gasteiger partial charge on any atom is -0.478 e. The largest absolute Gasteiger partial charge is 0.478 e. The molecule has 6 nitrogen and oxygen atoms in total. The summed E-state index contributed by atoms with van der Waals surface area (Å²) >= 11 is 0. The van der Waals surface area contributed by atoms with Crippen molar-refractivity contribution in [3.63, 3.8) is 0 Å². The molecule has 0 bridgehead atoms. The molecule has 1 heterocycles. The second kappa shape index (κ2) is 5.43. The summed E-state index contributed by atoms with van der Waals surface area (Å²) in [5, 5.41) is 12.1. The maximum Gasteiger partial charge on any atom is 0.335 e. The lowest BCUT2D eigenvalue weighted by Gasteiger charge is -2.17. The van der Waals surface area contributed by atoms with Gasteiger partial charge in [-0.25, -0.2) is 9.78 Å². The van der Waals surface area contributed by atoms with E-state index in [0.717, 1.165) is 12.2 Å². The highest BCUT2D eigenvalue weighted by atomic mass is 16.4. The monoisotopic (exact) mass is 260 g/mol. The molecule has 1 aromatic carbocycles. The van der Waals surface area contributed by atoms with Crippen LogP contribution in [-0.2, 0) is 6.54 Å². The fourth-order valence-corrected chi connectivity index (χ4v) is 1.85. The highest BCUT2D eigenvalue weighted by molar-refractivity contribution is 5.90. The van der Waals surface area contributed by atoms with Gasteiger partial charge in [0.25, 0.3) is 0 Å². The number of nitrogens with one attached hydrogen (secondary N) is 1. The van der Waals surface area contributed by atoms with Crippen molar-refractivity contribution >= 4 is 17.3 Å². The summed E-state index contributed by atoms with van der Waals surface area (Å²) in [5.74, 6) is -0.982. The van der Waals surface area contributed by atoms with Crippen molar-refractivity contribution < 1.29 is 9.90 Å². The molecule has 0 saturated heterocycles. The molecule has 2 aromatic rings. The maximum atomic E-state index is 10.8. The minimum absolute atomic E-state index is 0.146. The van der Waals surface area contributed by atoms with Crippen LogP contribution in [-0.4, -0.2) is 26.7 Å². The number of imidazole rings is 1. The molecule has 100 valence electrons. The zero-order valence-corrected chi connectivity index (χ0v) is 10.6. The first kappa shape index (κ1) is 12.9. The third kappa shape index (κ3) is 3.25. The standard InChI is InChI=1S/C13H16N4O2/c1-9(7-17-5-4-15-8-17)16-12-3-2-10(13(18)19)6-11(12)14/h2-6,8-9,16H,7,14H2,1H3,(H,18,19). The molecule has 6 heteroatoms. The van der Waals surface area contributed by atoms with Crippen LogP contribution in [0.1, 0.15) is 17.3 Å². The van der Waals surface area contributed by atoms with E-state index in [-0.39, 0.29) is 11.6 Å². The van der Waals surface area contributed by atoms with Crippen LogP contribution >= 0.6 is 0 Å². The number of carbonyl (C=O) groups is 1. The van der Waals surface area contributed by atoms with Crippen LogP contribution in [0.2, 0.25) is 0 Å². The van der Waals surface area contributed by atoms with Gasteiger partial charge in [0.2, 0.25) is 0 Å². The van der Waals surface area contributed by atoms with Gasteiger partial charge in [-0.3, -0.25) is 0 Å². The van der Waals surface area contributed by atoms with Crippen molar-refractivity contribution in [1.29, 1.82) is 0 Å². The minimum atomic E-state index is -0.982. The number of aromatic carboxylic acids is 1. The van der Waals surface area contributed by atoms with Crippen LogP contribution in [0.15, 0.2) is 36.9 Å². The van der Waals surface area contributed by atoms with E-state index in [1.165, 1.54) is 12.1 Å². The smallest absolute Gasteiger partial charge is 0.335 e. The fraction of sp³-hybridized carbons (Fsp3) is 0.231. The van der Waals surface area contributed by atoms with Gasteiger partial charge in [0, 0.05) is 25.0 Å². The van der Waals surface area contributed by atoms with Gasteiger partial charge >= 0.3 is 5.97 Å². The SMILES string of the molecule is CC(Cn1ccnc1)Nc1ccc(C(=O)O)cc1N. The van der Waals surface area contributed by atoms with Gasteiger partial charge in [-0.1, -0.05) is 0 Å². The first-order chi connectivity index (χ1) is 9.06. The Hall–Kier alpha value is -2.50. The van der Waals surface area contributed by atoms with Crippen LogP contribution in [0.3, 0.4) is 0 Å². The topological polar surface area (TPSA) is 93.2 Å². The number of hydrogen-bond donors (Lipinski definition) is 3. The van der Waals surface area contributed by atoms with E-state index in [2.05, 4.69) is 10.3 Å². The van der Waals surface area contributed by atoms with Gasteiger partial charge in [0.1, 0.15) is 0 Å². The predicted octanol–water partition coefficient (Wildman–Crippen LogP) is 1.66. The lowest BCUT2D eigenvalue weighted by molar-refractivity contribution is 0.0697. The molecule has 0 spiro atoms. The van der Waals surface area contributed by atoms with Gasteiger partial charge in [0.05, 0.1) is 23.3 Å². The van der Waals surface area contributed by atoms with E-state index in [1.54, 1.807) is 18.6 Å². The van der Waals surface area contributed by atoms with Crippen LogP contribution in [0.4, 0.5) is 11.4 Å². The van der Waals surface area contributed by atoms with Gasteiger partial charge in [-0.05, 0) is 25.1 Å². The van der Waals surface area contributed by atoms with Crippen molar-refractivity contribution in [1.82, 2.24) is 9.55 Å². The highest BCUT2D eigenvalue weighted by Crippen LogP contribution is 2.21. The van der Waals surface area contributed by atoms with Gasteiger partial charge in [-0.2, -0.15) is 0 Å². The van der Waals surface area contributed by atoms with Gasteiger partial charge in [-0.15, -0.1) is 0 Å². The molecule has 19 heavy (non-hydrogen) atoms. The number of benzene rings is 1. The van der Waals surface area contributed by atoms with E-state index in [1.807, 2.05) is 17.7 Å². The third-order valence-electron chi connectivity index (χ3n) is 2.74. The Bertz CT molecular complexity index is 566. The number of carboxylic acids is 1. The molecular weight excluding hydrogens is 244 g/mol. The molecule has 1 atom stereocenters. The summed E-state index contributed by atoms with van der Waals surface area (Å²) in [6, 6.07) is 4.81. The summed E-state index contributed by atoms with van der Waals surface area (Å²) in [6.45, 7) is 2.77. The first-order valence-electron chi connectivity index (χ1n) is 5.91. The zero-order valence-electron chi connectivity index (χ0n) is 10.6. The molecule has 0 saturated carbocycles. The molecule has 0 aliphatic rings. The Morgan fingerprint density at radius 1 is 1.58 bits per heavy atom. The maximum absolute atomic E-state index is 10.8. The Kier molecular flexibility index (Phi) is 3.70. The summed E-state index contributed by atoms with van der Waals surface area (Å²) < 4.78 is 1.96. The second-order valence-electron chi connectivity index (χ2n) is 4.41.